The summed E-state index contributed by atoms with van der Waals surface area (Å²) in [5.41, 5.74) is 0.843. The van der Waals surface area contributed by atoms with E-state index in [1.165, 1.54) is 6.07 Å². The molecular weight excluding hydrogens is 467 g/mol. The second-order valence-electron chi connectivity index (χ2n) is 8.07. The van der Waals surface area contributed by atoms with Crippen LogP contribution in [-0.2, 0) is 35.0 Å². The van der Waals surface area contributed by atoms with Crippen molar-refractivity contribution in [2.45, 2.75) is 51.7 Å². The number of carbonyl (C=O) groups is 2. The summed E-state index contributed by atoms with van der Waals surface area (Å²) in [6.45, 7) is 4.00. The van der Waals surface area contributed by atoms with E-state index in [0.717, 1.165) is 37.8 Å². The number of hydrogen-bond acceptors (Lipinski definition) is 6. The number of halogens is 3. The molecule has 0 saturated carbocycles. The van der Waals surface area contributed by atoms with E-state index in [2.05, 4.69) is 10.4 Å². The van der Waals surface area contributed by atoms with Crippen LogP contribution >= 0.6 is 0 Å². The third-order valence-electron chi connectivity index (χ3n) is 5.63. The second kappa shape index (κ2) is 12.1. The highest BCUT2D eigenvalue weighted by Gasteiger charge is 2.35. The van der Waals surface area contributed by atoms with Gasteiger partial charge in [-0.3, -0.25) is 9.48 Å². The van der Waals surface area contributed by atoms with Gasteiger partial charge in [-0.2, -0.15) is 18.3 Å². The maximum absolute atomic E-state index is 13.2. The predicted molar refractivity (Wildman–Crippen MR) is 121 cm³/mol. The van der Waals surface area contributed by atoms with Gasteiger partial charge < -0.3 is 19.5 Å². The summed E-state index contributed by atoms with van der Waals surface area (Å²) in [5.74, 6) is -1.38. The molecule has 0 unspecified atom stereocenters. The van der Waals surface area contributed by atoms with Crippen LogP contribution in [0.5, 0.6) is 5.75 Å². The molecule has 0 aliphatic carbocycles. The summed E-state index contributed by atoms with van der Waals surface area (Å²) in [6, 6.07) is 3.05. The van der Waals surface area contributed by atoms with Gasteiger partial charge in [-0.1, -0.05) is 6.92 Å². The highest BCUT2D eigenvalue weighted by atomic mass is 19.4. The van der Waals surface area contributed by atoms with E-state index < -0.39 is 17.7 Å². The van der Waals surface area contributed by atoms with Crippen LogP contribution in [0.4, 0.5) is 13.2 Å². The molecule has 3 rings (SSSR count). The number of rotatable bonds is 7. The van der Waals surface area contributed by atoms with Crippen molar-refractivity contribution in [3.63, 3.8) is 0 Å². The maximum Gasteiger partial charge on any atom is 0.419 e. The number of aromatic nitrogens is 2. The van der Waals surface area contributed by atoms with Crippen molar-refractivity contribution in [3.8, 4) is 5.75 Å². The van der Waals surface area contributed by atoms with Crippen molar-refractivity contribution >= 4 is 11.9 Å². The number of nitrogens with one attached hydrogen (secondary N) is 1. The molecule has 0 radical (unpaired) electrons. The lowest BCUT2D eigenvalue weighted by Crippen LogP contribution is -2.26. The van der Waals surface area contributed by atoms with E-state index in [-0.39, 0.29) is 23.8 Å². The van der Waals surface area contributed by atoms with Crippen LogP contribution in [-0.4, -0.2) is 55.1 Å². The predicted octanol–water partition coefficient (Wildman–Crippen LogP) is 3.80. The zero-order valence-corrected chi connectivity index (χ0v) is 19.9. The van der Waals surface area contributed by atoms with Gasteiger partial charge in [-0.25, -0.2) is 4.79 Å². The van der Waals surface area contributed by atoms with Crippen LogP contribution in [0.2, 0.25) is 0 Å². The first-order chi connectivity index (χ1) is 16.8. The first-order valence-electron chi connectivity index (χ1n) is 11.6. The Morgan fingerprint density at radius 1 is 1.26 bits per heavy atom. The molecule has 1 aliphatic heterocycles. The summed E-state index contributed by atoms with van der Waals surface area (Å²) >= 11 is 0. The molecule has 35 heavy (non-hydrogen) atoms. The summed E-state index contributed by atoms with van der Waals surface area (Å²) < 4.78 is 56.9. The Morgan fingerprint density at radius 3 is 2.74 bits per heavy atom. The molecule has 11 heteroatoms. The van der Waals surface area contributed by atoms with Crippen molar-refractivity contribution in [2.24, 2.45) is 0 Å². The lowest BCUT2D eigenvalue weighted by molar-refractivity contribution is -0.138. The van der Waals surface area contributed by atoms with Gasteiger partial charge >= 0.3 is 12.1 Å². The molecule has 1 aromatic carbocycles. The van der Waals surface area contributed by atoms with E-state index in [1.807, 2.05) is 6.92 Å². The van der Waals surface area contributed by atoms with Gasteiger partial charge in [-0.15, -0.1) is 0 Å². The van der Waals surface area contributed by atoms with Gasteiger partial charge in [0.25, 0.3) is 5.91 Å². The second-order valence-corrected chi connectivity index (χ2v) is 8.07. The quantitative estimate of drug-likeness (QED) is 0.462. The van der Waals surface area contributed by atoms with Gasteiger partial charge in [0.2, 0.25) is 0 Å². The SMILES string of the molecule is CCc1nn(CCCOC(=O)c2ccc(OC)c(C(F)(F)F)c2)c2c1C(=O)NCCCOCCC2. The number of nitrogens with zero attached hydrogens (tertiary/aromatic N) is 2. The number of amides is 1. The normalized spacial score (nSPS) is 15.1. The standard InChI is InChI=1S/C24H30F3N3O5/c1-3-18-21-19(7-4-12-34-13-5-10-28-22(21)31)30(29-18)11-6-14-35-23(32)16-8-9-20(33-2)17(15-16)24(25,26)27/h8-9,15H,3-7,10-14H2,1-2H3,(H,28,31). The van der Waals surface area contributed by atoms with Crippen molar-refractivity contribution in [2.75, 3.05) is 33.5 Å². The van der Waals surface area contributed by atoms with Gasteiger partial charge in [0, 0.05) is 32.7 Å². The lowest BCUT2D eigenvalue weighted by Gasteiger charge is -2.13. The first kappa shape index (κ1) is 26.5. The van der Waals surface area contributed by atoms with E-state index in [1.54, 1.807) is 4.68 Å². The molecule has 0 saturated heterocycles. The van der Waals surface area contributed by atoms with Crippen LogP contribution in [0.3, 0.4) is 0 Å². The van der Waals surface area contributed by atoms with E-state index in [0.29, 0.717) is 56.8 Å². The molecule has 0 atom stereocenters. The van der Waals surface area contributed by atoms with E-state index >= 15 is 0 Å². The molecule has 0 fully saturated rings. The van der Waals surface area contributed by atoms with Crippen LogP contribution in [0.15, 0.2) is 18.2 Å². The van der Waals surface area contributed by atoms with Crippen molar-refractivity contribution in [1.29, 1.82) is 0 Å². The van der Waals surface area contributed by atoms with Crippen LogP contribution in [0.25, 0.3) is 0 Å². The number of benzene rings is 1. The number of esters is 1. The minimum absolute atomic E-state index is 0.0163. The first-order valence-corrected chi connectivity index (χ1v) is 11.6. The average molecular weight is 498 g/mol. The van der Waals surface area contributed by atoms with Crippen molar-refractivity contribution < 1.29 is 37.0 Å². The summed E-state index contributed by atoms with van der Waals surface area (Å²) in [4.78, 5) is 25.1. The average Bonchev–Trinajstić information content (AvgIpc) is 3.17. The van der Waals surface area contributed by atoms with Gasteiger partial charge in [0.15, 0.2) is 0 Å². The number of methoxy groups -OCH3 is 1. The molecule has 1 aliphatic rings. The Bertz CT molecular complexity index is 1040. The van der Waals surface area contributed by atoms with Gasteiger partial charge in [-0.05, 0) is 43.9 Å². The molecule has 1 N–H and O–H groups in total. The Morgan fingerprint density at radius 2 is 2.03 bits per heavy atom. The van der Waals surface area contributed by atoms with Crippen LogP contribution in [0, 0.1) is 0 Å². The number of hydrogen-bond donors (Lipinski definition) is 1. The summed E-state index contributed by atoms with van der Waals surface area (Å²) in [6.07, 6.45) is -1.61. The summed E-state index contributed by atoms with van der Waals surface area (Å²) in [5, 5.41) is 7.51. The molecule has 2 heterocycles. The molecule has 0 spiro atoms. The molecule has 192 valence electrons. The van der Waals surface area contributed by atoms with Crippen LogP contribution in [0.1, 0.15) is 63.9 Å². The molecule has 1 amide bonds. The number of ether oxygens (including phenoxy) is 3. The minimum Gasteiger partial charge on any atom is -0.496 e. The fourth-order valence-electron chi connectivity index (χ4n) is 3.93. The largest absolute Gasteiger partial charge is 0.496 e. The zero-order valence-electron chi connectivity index (χ0n) is 19.9. The fourth-order valence-corrected chi connectivity index (χ4v) is 3.93. The Labute approximate surface area is 201 Å². The monoisotopic (exact) mass is 497 g/mol. The Kier molecular flexibility index (Phi) is 9.13. The highest BCUT2D eigenvalue weighted by molar-refractivity contribution is 5.96. The third-order valence-corrected chi connectivity index (χ3v) is 5.63. The lowest BCUT2D eigenvalue weighted by atomic mass is 10.1. The highest BCUT2D eigenvalue weighted by Crippen LogP contribution is 2.36. The number of fused-ring (bicyclic) bond motifs is 1. The Hall–Kier alpha value is -3.08. The molecule has 0 bridgehead atoms. The topological polar surface area (TPSA) is 91.7 Å². The van der Waals surface area contributed by atoms with Crippen LogP contribution < -0.4 is 10.1 Å². The molecular formula is C24H30F3N3O5. The minimum atomic E-state index is -4.66. The molecule has 8 nitrogen and oxygen atoms in total. The smallest absolute Gasteiger partial charge is 0.419 e. The maximum atomic E-state index is 13.2. The van der Waals surface area contributed by atoms with Gasteiger partial charge in [0.1, 0.15) is 5.75 Å². The number of carbonyl (C=O) groups excluding carboxylic acids is 2. The summed E-state index contributed by atoms with van der Waals surface area (Å²) in [7, 11) is 1.13. The van der Waals surface area contributed by atoms with Crippen molar-refractivity contribution in [3.05, 3.63) is 46.3 Å². The third kappa shape index (κ3) is 6.74. The van der Waals surface area contributed by atoms with E-state index in [4.69, 9.17) is 14.2 Å². The van der Waals surface area contributed by atoms with E-state index in [9.17, 15) is 22.8 Å². The Balaban J connectivity index is 1.66. The zero-order chi connectivity index (χ0) is 25.4. The fraction of sp³-hybridized carbons (Fsp3) is 0.542. The number of aryl methyl sites for hydroxylation is 2. The van der Waals surface area contributed by atoms with Crippen molar-refractivity contribution in [1.82, 2.24) is 15.1 Å². The number of alkyl halides is 3. The molecule has 2 aromatic rings. The molecule has 1 aromatic heterocycles. The van der Waals surface area contributed by atoms with Gasteiger partial charge in [0.05, 0.1) is 41.8 Å².